The smallest absolute Gasteiger partial charge is 0.334 e. The number of hydrogen-bond acceptors (Lipinski definition) is 3. The third-order valence-corrected chi connectivity index (χ3v) is 3.40. The maximum atomic E-state index is 11.1. The van der Waals surface area contributed by atoms with Gasteiger partial charge in [-0.1, -0.05) is 64.7 Å². The number of carbonyl (C=O) groups is 1. The highest BCUT2D eigenvalue weighted by atomic mass is 16.6. The van der Waals surface area contributed by atoms with Crippen LogP contribution < -0.4 is 0 Å². The Balaban J connectivity index is 3.12. The molecular formula is C16H32O3. The van der Waals surface area contributed by atoms with Gasteiger partial charge >= 0.3 is 5.97 Å². The Morgan fingerprint density at radius 3 is 1.84 bits per heavy atom. The van der Waals surface area contributed by atoms with Crippen LogP contribution in [-0.2, 0) is 14.3 Å². The van der Waals surface area contributed by atoms with Crippen LogP contribution in [0.2, 0.25) is 0 Å². The van der Waals surface area contributed by atoms with Gasteiger partial charge in [0, 0.05) is 6.61 Å². The van der Waals surface area contributed by atoms with E-state index in [9.17, 15) is 4.79 Å². The number of rotatable bonds is 13. The molecule has 0 amide bonds. The molecule has 3 heteroatoms. The molecule has 1 atom stereocenters. The van der Waals surface area contributed by atoms with E-state index >= 15 is 0 Å². The van der Waals surface area contributed by atoms with E-state index in [0.29, 0.717) is 6.61 Å². The van der Waals surface area contributed by atoms with Gasteiger partial charge in [-0.25, -0.2) is 4.79 Å². The van der Waals surface area contributed by atoms with Gasteiger partial charge < -0.3 is 9.47 Å². The Labute approximate surface area is 119 Å². The molecule has 0 bridgehead atoms. The lowest BCUT2D eigenvalue weighted by molar-refractivity contribution is -0.152. The van der Waals surface area contributed by atoms with Crippen LogP contribution in [0, 0.1) is 0 Å². The van der Waals surface area contributed by atoms with E-state index in [1.165, 1.54) is 64.9 Å². The lowest BCUT2D eigenvalue weighted by Gasteiger charge is -2.10. The molecule has 19 heavy (non-hydrogen) atoms. The van der Waals surface area contributed by atoms with Crippen LogP contribution in [0.25, 0.3) is 0 Å². The molecule has 0 fully saturated rings. The van der Waals surface area contributed by atoms with Gasteiger partial charge in [0.1, 0.15) is 0 Å². The molecule has 3 nitrogen and oxygen atoms in total. The molecule has 0 rings (SSSR count). The molecule has 0 saturated carbocycles. The molecule has 0 aromatic heterocycles. The van der Waals surface area contributed by atoms with E-state index in [0.717, 1.165) is 6.42 Å². The summed E-state index contributed by atoms with van der Waals surface area (Å²) in [6, 6.07) is 0. The third-order valence-electron chi connectivity index (χ3n) is 3.40. The topological polar surface area (TPSA) is 35.5 Å². The van der Waals surface area contributed by atoms with E-state index in [-0.39, 0.29) is 5.97 Å². The van der Waals surface area contributed by atoms with Gasteiger partial charge in [-0.15, -0.1) is 0 Å². The first kappa shape index (κ1) is 18.4. The Hall–Kier alpha value is -0.570. The van der Waals surface area contributed by atoms with E-state index in [1.54, 1.807) is 6.92 Å². The number of ether oxygens (including phenoxy) is 2. The van der Waals surface area contributed by atoms with Crippen LogP contribution in [0.4, 0.5) is 0 Å². The Kier molecular flexibility index (Phi) is 13.4. The van der Waals surface area contributed by atoms with Crippen molar-refractivity contribution in [2.24, 2.45) is 0 Å². The van der Waals surface area contributed by atoms with Crippen molar-refractivity contribution in [1.29, 1.82) is 0 Å². The summed E-state index contributed by atoms with van der Waals surface area (Å²) in [5.41, 5.74) is 0. The number of carbonyl (C=O) groups excluding carboxylic acids is 1. The van der Waals surface area contributed by atoms with Crippen LogP contribution in [0.1, 0.15) is 78.1 Å². The SMILES string of the molecule is CCCCCCCCCCCCO[C@@H](C)C(=O)OC. The Morgan fingerprint density at radius 2 is 1.37 bits per heavy atom. The molecule has 0 aliphatic carbocycles. The molecule has 0 aromatic carbocycles. The molecule has 0 unspecified atom stereocenters. The minimum Gasteiger partial charge on any atom is -0.467 e. The van der Waals surface area contributed by atoms with Gasteiger partial charge in [-0.2, -0.15) is 0 Å². The normalized spacial score (nSPS) is 12.4. The summed E-state index contributed by atoms with van der Waals surface area (Å²) in [4.78, 5) is 11.1. The first-order chi connectivity index (χ1) is 9.22. The lowest BCUT2D eigenvalue weighted by Crippen LogP contribution is -2.22. The van der Waals surface area contributed by atoms with Crippen molar-refractivity contribution in [2.45, 2.75) is 84.2 Å². The monoisotopic (exact) mass is 272 g/mol. The van der Waals surface area contributed by atoms with Gasteiger partial charge in [0.05, 0.1) is 7.11 Å². The van der Waals surface area contributed by atoms with E-state index in [4.69, 9.17) is 4.74 Å². The Morgan fingerprint density at radius 1 is 0.895 bits per heavy atom. The second-order valence-corrected chi connectivity index (χ2v) is 5.22. The van der Waals surface area contributed by atoms with Crippen molar-refractivity contribution in [2.75, 3.05) is 13.7 Å². The molecule has 0 N–H and O–H groups in total. The highest BCUT2D eigenvalue weighted by molar-refractivity contribution is 5.73. The lowest BCUT2D eigenvalue weighted by atomic mass is 10.1. The second kappa shape index (κ2) is 13.9. The molecule has 0 spiro atoms. The van der Waals surface area contributed by atoms with Gasteiger partial charge in [-0.05, 0) is 13.3 Å². The molecular weight excluding hydrogens is 240 g/mol. The summed E-state index contributed by atoms with van der Waals surface area (Å²) in [7, 11) is 1.39. The minimum atomic E-state index is -0.427. The maximum Gasteiger partial charge on any atom is 0.334 e. The number of methoxy groups -OCH3 is 1. The van der Waals surface area contributed by atoms with Crippen molar-refractivity contribution >= 4 is 5.97 Å². The summed E-state index contributed by atoms with van der Waals surface area (Å²) in [6.45, 7) is 4.65. The predicted octanol–water partition coefficient (Wildman–Crippen LogP) is 4.49. The number of unbranched alkanes of at least 4 members (excludes halogenated alkanes) is 9. The van der Waals surface area contributed by atoms with Gasteiger partial charge in [-0.3, -0.25) is 0 Å². The summed E-state index contributed by atoms with van der Waals surface area (Å²) in [5, 5.41) is 0. The fourth-order valence-corrected chi connectivity index (χ4v) is 2.08. The van der Waals surface area contributed by atoms with Crippen LogP contribution >= 0.6 is 0 Å². The fourth-order valence-electron chi connectivity index (χ4n) is 2.08. The molecule has 114 valence electrons. The number of esters is 1. The van der Waals surface area contributed by atoms with Crippen molar-refractivity contribution < 1.29 is 14.3 Å². The van der Waals surface area contributed by atoms with Gasteiger partial charge in [0.25, 0.3) is 0 Å². The van der Waals surface area contributed by atoms with Crippen LogP contribution in [0.5, 0.6) is 0 Å². The molecule has 0 aromatic rings. The molecule has 0 aliphatic heterocycles. The predicted molar refractivity (Wildman–Crippen MR) is 79.3 cm³/mol. The highest BCUT2D eigenvalue weighted by Crippen LogP contribution is 2.10. The Bertz CT molecular complexity index is 204. The van der Waals surface area contributed by atoms with Gasteiger partial charge in [0.15, 0.2) is 6.10 Å². The highest BCUT2D eigenvalue weighted by Gasteiger charge is 2.12. The number of hydrogen-bond donors (Lipinski definition) is 0. The van der Waals surface area contributed by atoms with Crippen LogP contribution in [0.15, 0.2) is 0 Å². The minimum absolute atomic E-state index is 0.285. The zero-order valence-electron chi connectivity index (χ0n) is 13.1. The van der Waals surface area contributed by atoms with Crippen molar-refractivity contribution in [3.63, 3.8) is 0 Å². The quantitative estimate of drug-likeness (QED) is 0.366. The van der Waals surface area contributed by atoms with Crippen LogP contribution in [-0.4, -0.2) is 25.8 Å². The van der Waals surface area contributed by atoms with Crippen LogP contribution in [0.3, 0.4) is 0 Å². The molecule has 0 radical (unpaired) electrons. The van der Waals surface area contributed by atoms with E-state index in [1.807, 2.05) is 0 Å². The maximum absolute atomic E-state index is 11.1. The first-order valence-corrected chi connectivity index (χ1v) is 7.91. The van der Waals surface area contributed by atoms with E-state index < -0.39 is 6.10 Å². The second-order valence-electron chi connectivity index (χ2n) is 5.22. The summed E-state index contributed by atoms with van der Waals surface area (Å²) < 4.78 is 9.99. The van der Waals surface area contributed by atoms with Crippen molar-refractivity contribution in [1.82, 2.24) is 0 Å². The summed E-state index contributed by atoms with van der Waals surface area (Å²) in [5.74, 6) is -0.285. The summed E-state index contributed by atoms with van der Waals surface area (Å²) >= 11 is 0. The third kappa shape index (κ3) is 12.2. The average molecular weight is 272 g/mol. The zero-order valence-corrected chi connectivity index (χ0v) is 13.1. The van der Waals surface area contributed by atoms with Gasteiger partial charge in [0.2, 0.25) is 0 Å². The first-order valence-electron chi connectivity index (χ1n) is 7.91. The zero-order chi connectivity index (χ0) is 14.3. The fraction of sp³-hybridized carbons (Fsp3) is 0.938. The molecule has 0 heterocycles. The van der Waals surface area contributed by atoms with Crippen molar-refractivity contribution in [3.05, 3.63) is 0 Å². The standard InChI is InChI=1S/C16H32O3/c1-4-5-6-7-8-9-10-11-12-13-14-19-15(2)16(17)18-3/h15H,4-14H2,1-3H3/t15-/m0/s1. The average Bonchev–Trinajstić information content (AvgIpc) is 2.43. The molecule has 0 aliphatic rings. The van der Waals surface area contributed by atoms with Crippen molar-refractivity contribution in [3.8, 4) is 0 Å². The molecule has 0 saturated heterocycles. The largest absolute Gasteiger partial charge is 0.467 e. The van der Waals surface area contributed by atoms with E-state index in [2.05, 4.69) is 11.7 Å². The summed E-state index contributed by atoms with van der Waals surface area (Å²) in [6.07, 6.45) is 12.7.